The van der Waals surface area contributed by atoms with Gasteiger partial charge in [-0.3, -0.25) is 4.79 Å². The van der Waals surface area contributed by atoms with Gasteiger partial charge < -0.3 is 15.3 Å². The second-order valence-corrected chi connectivity index (χ2v) is 3.86. The van der Waals surface area contributed by atoms with Crippen LogP contribution in [0.5, 0.6) is 0 Å². The minimum atomic E-state index is -1.91. The van der Waals surface area contributed by atoms with Crippen LogP contribution in [0.15, 0.2) is 18.2 Å². The van der Waals surface area contributed by atoms with E-state index in [1.54, 1.807) is 19.1 Å². The summed E-state index contributed by atoms with van der Waals surface area (Å²) < 4.78 is 0. The van der Waals surface area contributed by atoms with E-state index in [9.17, 15) is 19.8 Å². The molecule has 0 aromatic heterocycles. The Bertz CT molecular complexity index is 452. The third-order valence-corrected chi connectivity index (χ3v) is 2.56. The van der Waals surface area contributed by atoms with Crippen LogP contribution in [0.4, 0.5) is 0 Å². The predicted molar refractivity (Wildman–Crippen MR) is 59.8 cm³/mol. The molecule has 0 aliphatic carbocycles. The fourth-order valence-corrected chi connectivity index (χ4v) is 1.48. The van der Waals surface area contributed by atoms with E-state index in [0.717, 1.165) is 0 Å². The Morgan fingerprint density at radius 1 is 1.24 bits per heavy atom. The quantitative estimate of drug-likeness (QED) is 0.670. The summed E-state index contributed by atoms with van der Waals surface area (Å²) in [4.78, 5) is 21.7. The van der Waals surface area contributed by atoms with Crippen molar-refractivity contribution in [3.8, 4) is 0 Å². The average Bonchev–Trinajstić information content (AvgIpc) is 2.27. The van der Waals surface area contributed by atoms with Crippen molar-refractivity contribution in [3.63, 3.8) is 0 Å². The first-order valence-electron chi connectivity index (χ1n) is 5.05. The third kappa shape index (κ3) is 2.89. The molecule has 1 aromatic rings. The second-order valence-electron chi connectivity index (χ2n) is 3.86. The molecule has 1 rings (SSSR count). The topological polar surface area (TPSA) is 94.8 Å². The summed E-state index contributed by atoms with van der Waals surface area (Å²) in [6.07, 6.45) is -3.46. The molecule has 2 unspecified atom stereocenters. The molecule has 0 aliphatic rings. The number of aliphatic carboxylic acids is 1. The zero-order valence-corrected chi connectivity index (χ0v) is 9.54. The van der Waals surface area contributed by atoms with E-state index in [4.69, 9.17) is 5.11 Å². The van der Waals surface area contributed by atoms with E-state index in [1.165, 1.54) is 13.0 Å². The van der Waals surface area contributed by atoms with Gasteiger partial charge in [0.1, 0.15) is 6.10 Å². The van der Waals surface area contributed by atoms with Gasteiger partial charge in [0.15, 0.2) is 11.9 Å². The summed E-state index contributed by atoms with van der Waals surface area (Å²) in [5.74, 6) is -1.70. The molecule has 1 aromatic carbocycles. The van der Waals surface area contributed by atoms with E-state index in [-0.39, 0.29) is 11.3 Å². The zero-order chi connectivity index (χ0) is 13.2. The van der Waals surface area contributed by atoms with Crippen molar-refractivity contribution < 1.29 is 24.9 Å². The van der Waals surface area contributed by atoms with Crippen molar-refractivity contribution in [2.75, 3.05) is 0 Å². The van der Waals surface area contributed by atoms with Crippen LogP contribution in [-0.4, -0.2) is 33.2 Å². The Kier molecular flexibility index (Phi) is 3.98. The van der Waals surface area contributed by atoms with Crippen molar-refractivity contribution in [2.45, 2.75) is 26.1 Å². The number of benzene rings is 1. The summed E-state index contributed by atoms with van der Waals surface area (Å²) >= 11 is 0. The summed E-state index contributed by atoms with van der Waals surface area (Å²) in [6, 6.07) is 4.58. The molecule has 0 radical (unpaired) electrons. The highest BCUT2D eigenvalue weighted by Crippen LogP contribution is 2.22. The molecule has 5 heteroatoms. The Hall–Kier alpha value is -1.72. The van der Waals surface area contributed by atoms with E-state index in [2.05, 4.69) is 0 Å². The van der Waals surface area contributed by atoms with Gasteiger partial charge >= 0.3 is 5.97 Å². The van der Waals surface area contributed by atoms with E-state index >= 15 is 0 Å². The van der Waals surface area contributed by atoms with E-state index < -0.39 is 18.2 Å². The number of Topliss-reactive ketones (excluding diaryl/α,β-unsaturated/α-hetero) is 1. The number of carbonyl (C=O) groups is 2. The largest absolute Gasteiger partial charge is 0.479 e. The lowest BCUT2D eigenvalue weighted by Crippen LogP contribution is -2.28. The van der Waals surface area contributed by atoms with Crippen LogP contribution < -0.4 is 0 Å². The molecule has 0 aliphatic heterocycles. The number of rotatable bonds is 4. The molecule has 5 nitrogen and oxygen atoms in total. The first kappa shape index (κ1) is 13.3. The van der Waals surface area contributed by atoms with Crippen LogP contribution in [0.25, 0.3) is 0 Å². The molecular formula is C12H14O5. The number of carboxylic acid groups (broad SMARTS) is 1. The van der Waals surface area contributed by atoms with Gasteiger partial charge in [0.25, 0.3) is 0 Å². The normalized spacial score (nSPS) is 14.1. The molecule has 0 bridgehead atoms. The Morgan fingerprint density at radius 3 is 2.29 bits per heavy atom. The fourth-order valence-electron chi connectivity index (χ4n) is 1.48. The Morgan fingerprint density at radius 2 is 1.82 bits per heavy atom. The lowest BCUT2D eigenvalue weighted by molar-refractivity contribution is -0.153. The van der Waals surface area contributed by atoms with Crippen molar-refractivity contribution in [3.05, 3.63) is 34.9 Å². The summed E-state index contributed by atoms with van der Waals surface area (Å²) in [7, 11) is 0. The average molecular weight is 238 g/mol. The molecule has 0 spiro atoms. The standard InChI is InChI=1S/C12H14O5/c1-6-3-4-8(7(2)13)5-9(6)10(14)11(15)12(16)17/h3-5,10-11,14-15H,1-2H3,(H,16,17). The molecule has 2 atom stereocenters. The maximum Gasteiger partial charge on any atom is 0.335 e. The molecule has 0 heterocycles. The van der Waals surface area contributed by atoms with Crippen LogP contribution in [0.1, 0.15) is 34.5 Å². The minimum absolute atomic E-state index is 0.191. The van der Waals surface area contributed by atoms with Gasteiger partial charge in [-0.1, -0.05) is 12.1 Å². The minimum Gasteiger partial charge on any atom is -0.479 e. The number of aryl methyl sites for hydroxylation is 1. The SMILES string of the molecule is CC(=O)c1ccc(C)c(C(O)C(O)C(=O)O)c1. The van der Waals surface area contributed by atoms with Crippen molar-refractivity contribution >= 4 is 11.8 Å². The molecule has 17 heavy (non-hydrogen) atoms. The van der Waals surface area contributed by atoms with Crippen molar-refractivity contribution in [2.24, 2.45) is 0 Å². The smallest absolute Gasteiger partial charge is 0.335 e. The van der Waals surface area contributed by atoms with Crippen LogP contribution in [0, 0.1) is 6.92 Å². The van der Waals surface area contributed by atoms with Gasteiger partial charge in [-0.2, -0.15) is 0 Å². The van der Waals surface area contributed by atoms with Gasteiger partial charge in [-0.25, -0.2) is 4.79 Å². The summed E-state index contributed by atoms with van der Waals surface area (Å²) in [6.45, 7) is 3.03. The number of aliphatic hydroxyl groups excluding tert-OH is 2. The van der Waals surface area contributed by atoms with E-state index in [1.807, 2.05) is 0 Å². The predicted octanol–water partition coefficient (Wildman–Crippen LogP) is 0.677. The monoisotopic (exact) mass is 238 g/mol. The van der Waals surface area contributed by atoms with Crippen LogP contribution >= 0.6 is 0 Å². The summed E-state index contributed by atoms with van der Waals surface area (Å²) in [5.41, 5.74) is 1.22. The van der Waals surface area contributed by atoms with Gasteiger partial charge in [-0.15, -0.1) is 0 Å². The molecule has 0 saturated heterocycles. The second kappa shape index (κ2) is 5.07. The maximum atomic E-state index is 11.2. The Balaban J connectivity index is 3.16. The highest BCUT2D eigenvalue weighted by molar-refractivity contribution is 5.94. The lowest BCUT2D eigenvalue weighted by atomic mass is 9.96. The highest BCUT2D eigenvalue weighted by atomic mass is 16.4. The lowest BCUT2D eigenvalue weighted by Gasteiger charge is -2.17. The van der Waals surface area contributed by atoms with Crippen molar-refractivity contribution in [1.29, 1.82) is 0 Å². The number of carbonyl (C=O) groups excluding carboxylic acids is 1. The number of carboxylic acids is 1. The zero-order valence-electron chi connectivity index (χ0n) is 9.54. The van der Waals surface area contributed by atoms with Gasteiger partial charge in [0.05, 0.1) is 0 Å². The van der Waals surface area contributed by atoms with Crippen LogP contribution in [-0.2, 0) is 4.79 Å². The number of hydrogen-bond donors (Lipinski definition) is 3. The molecular weight excluding hydrogens is 224 g/mol. The third-order valence-electron chi connectivity index (χ3n) is 2.56. The summed E-state index contributed by atoms with van der Waals surface area (Å²) in [5, 5.41) is 27.6. The molecule has 3 N–H and O–H groups in total. The van der Waals surface area contributed by atoms with Crippen molar-refractivity contribution in [1.82, 2.24) is 0 Å². The first-order valence-corrected chi connectivity index (χ1v) is 5.05. The molecule has 0 saturated carbocycles. The molecule has 0 fully saturated rings. The van der Waals surface area contributed by atoms with Gasteiger partial charge in [0, 0.05) is 5.56 Å². The maximum absolute atomic E-state index is 11.2. The first-order chi connectivity index (χ1) is 7.84. The number of ketones is 1. The van der Waals surface area contributed by atoms with Gasteiger partial charge in [-0.05, 0) is 31.0 Å². The number of hydrogen-bond acceptors (Lipinski definition) is 4. The van der Waals surface area contributed by atoms with Crippen LogP contribution in [0.3, 0.4) is 0 Å². The highest BCUT2D eigenvalue weighted by Gasteiger charge is 2.26. The van der Waals surface area contributed by atoms with Crippen LogP contribution in [0.2, 0.25) is 0 Å². The molecule has 92 valence electrons. The van der Waals surface area contributed by atoms with Gasteiger partial charge in [0.2, 0.25) is 0 Å². The molecule has 0 amide bonds. The number of aliphatic hydroxyl groups is 2. The fraction of sp³-hybridized carbons (Fsp3) is 0.333. The Labute approximate surface area is 98.3 Å². The van der Waals surface area contributed by atoms with E-state index in [0.29, 0.717) is 11.1 Å².